The maximum absolute atomic E-state index is 11.2. The largest absolute Gasteiger partial charge is 0.393 e. The molecule has 0 amide bonds. The molecule has 1 aliphatic rings. The van der Waals surface area contributed by atoms with E-state index in [-0.39, 0.29) is 24.3 Å². The highest BCUT2D eigenvalue weighted by atomic mass is 16.6. The summed E-state index contributed by atoms with van der Waals surface area (Å²) in [6, 6.07) is 0. The minimum Gasteiger partial charge on any atom is -0.393 e. The fraction of sp³-hybridized carbons (Fsp3) is 0.778. The van der Waals surface area contributed by atoms with E-state index in [1.807, 2.05) is 6.08 Å². The molecule has 3 nitrogen and oxygen atoms in total. The van der Waals surface area contributed by atoms with Gasteiger partial charge in [-0.05, 0) is 19.3 Å². The van der Waals surface area contributed by atoms with Crippen LogP contribution in [0.1, 0.15) is 84.0 Å². The summed E-state index contributed by atoms with van der Waals surface area (Å²) in [5.74, 6) is -0.970. The first-order valence-corrected chi connectivity index (χ1v) is 8.63. The summed E-state index contributed by atoms with van der Waals surface area (Å²) in [6.07, 6.45) is 18.2. The lowest BCUT2D eigenvalue weighted by atomic mass is 10.0. The van der Waals surface area contributed by atoms with Gasteiger partial charge in [0.25, 0.3) is 0 Å². The Morgan fingerprint density at radius 2 is 1.57 bits per heavy atom. The number of cyclic esters (lactones) is 2. The molecule has 0 saturated carbocycles. The average Bonchev–Trinajstić information content (AvgIpc) is 2.78. The first-order valence-electron chi connectivity index (χ1n) is 8.63. The highest BCUT2D eigenvalue weighted by Crippen LogP contribution is 2.20. The molecule has 1 rings (SSSR count). The quantitative estimate of drug-likeness (QED) is 0.221. The van der Waals surface area contributed by atoms with E-state index in [9.17, 15) is 9.59 Å². The first-order chi connectivity index (χ1) is 10.2. The Morgan fingerprint density at radius 1 is 0.952 bits per heavy atom. The monoisotopic (exact) mass is 294 g/mol. The van der Waals surface area contributed by atoms with Crippen LogP contribution in [0.5, 0.6) is 0 Å². The van der Waals surface area contributed by atoms with E-state index in [0.29, 0.717) is 6.42 Å². The van der Waals surface area contributed by atoms with E-state index in [4.69, 9.17) is 0 Å². The molecule has 1 atom stereocenters. The van der Waals surface area contributed by atoms with Gasteiger partial charge in [0, 0.05) is 0 Å². The van der Waals surface area contributed by atoms with Crippen LogP contribution in [0.3, 0.4) is 0 Å². The number of unbranched alkanes of at least 4 members (excludes halogenated alkanes) is 9. The van der Waals surface area contributed by atoms with E-state index in [1.54, 1.807) is 0 Å². The zero-order chi connectivity index (χ0) is 15.3. The number of carbonyl (C=O) groups is 2. The highest BCUT2D eigenvalue weighted by Gasteiger charge is 2.31. The summed E-state index contributed by atoms with van der Waals surface area (Å²) >= 11 is 0. The number of ether oxygens (including phenoxy) is 1. The molecular weight excluding hydrogens is 264 g/mol. The fourth-order valence-electron chi connectivity index (χ4n) is 2.65. The van der Waals surface area contributed by atoms with Crippen molar-refractivity contribution in [1.82, 2.24) is 0 Å². The second-order valence-electron chi connectivity index (χ2n) is 6.02. The molecule has 1 saturated heterocycles. The lowest BCUT2D eigenvalue weighted by molar-refractivity contribution is -0.153. The van der Waals surface area contributed by atoms with Crippen LogP contribution < -0.4 is 0 Å². The van der Waals surface area contributed by atoms with Crippen LogP contribution in [-0.2, 0) is 14.3 Å². The molecule has 0 unspecified atom stereocenters. The van der Waals surface area contributed by atoms with Gasteiger partial charge in [-0.1, -0.05) is 70.4 Å². The number of allylic oxidation sites excluding steroid dienone is 2. The first kappa shape index (κ1) is 17.9. The van der Waals surface area contributed by atoms with Gasteiger partial charge < -0.3 is 4.74 Å². The third kappa shape index (κ3) is 8.69. The predicted molar refractivity (Wildman–Crippen MR) is 84.8 cm³/mol. The van der Waals surface area contributed by atoms with Crippen molar-refractivity contribution in [2.24, 2.45) is 5.92 Å². The summed E-state index contributed by atoms with van der Waals surface area (Å²) in [4.78, 5) is 22.2. The van der Waals surface area contributed by atoms with Crippen molar-refractivity contribution in [1.29, 1.82) is 0 Å². The summed E-state index contributed by atoms with van der Waals surface area (Å²) < 4.78 is 4.52. The van der Waals surface area contributed by atoms with Gasteiger partial charge in [-0.15, -0.1) is 0 Å². The molecule has 0 aromatic heterocycles. The number of esters is 2. The maximum Gasteiger partial charge on any atom is 0.317 e. The number of hydrogen-bond acceptors (Lipinski definition) is 3. The van der Waals surface area contributed by atoms with Gasteiger partial charge in [-0.2, -0.15) is 0 Å². The number of hydrogen-bond donors (Lipinski definition) is 0. The lowest BCUT2D eigenvalue weighted by Crippen LogP contribution is -2.05. The molecule has 0 bridgehead atoms. The normalized spacial score (nSPS) is 18.6. The van der Waals surface area contributed by atoms with Crippen molar-refractivity contribution >= 4 is 11.9 Å². The van der Waals surface area contributed by atoms with Crippen molar-refractivity contribution in [3.8, 4) is 0 Å². The molecule has 1 heterocycles. The van der Waals surface area contributed by atoms with Crippen molar-refractivity contribution in [3.05, 3.63) is 12.2 Å². The van der Waals surface area contributed by atoms with Crippen LogP contribution in [0, 0.1) is 5.92 Å². The van der Waals surface area contributed by atoms with Crippen LogP contribution in [0.25, 0.3) is 0 Å². The zero-order valence-electron chi connectivity index (χ0n) is 13.4. The minimum absolute atomic E-state index is 0.239. The summed E-state index contributed by atoms with van der Waals surface area (Å²) in [6.45, 7) is 2.25. The Balaban J connectivity index is 1.87. The molecule has 1 fully saturated rings. The molecular formula is C18H30O3. The SMILES string of the molecule is CCCCCCCCCCC/C=C/C[C@@H]1CC(=O)OC1=O. The Kier molecular flexibility index (Phi) is 9.84. The molecule has 0 spiro atoms. The van der Waals surface area contributed by atoms with Crippen molar-refractivity contribution < 1.29 is 14.3 Å². The second-order valence-corrected chi connectivity index (χ2v) is 6.02. The molecule has 0 aliphatic carbocycles. The standard InChI is InChI=1S/C18H30O3/c1-2-3-4-5-6-7-8-9-10-11-12-13-14-16-15-17(19)21-18(16)20/h12-13,16H,2-11,14-15H2,1H3/b13-12+/t16-/m1/s1. The van der Waals surface area contributed by atoms with E-state index in [0.717, 1.165) is 6.42 Å². The Labute approximate surface area is 129 Å². The van der Waals surface area contributed by atoms with Crippen LogP contribution in [-0.4, -0.2) is 11.9 Å². The van der Waals surface area contributed by atoms with Crippen LogP contribution in [0.4, 0.5) is 0 Å². The lowest BCUT2D eigenvalue weighted by Gasteiger charge is -2.01. The van der Waals surface area contributed by atoms with Crippen LogP contribution in [0.15, 0.2) is 12.2 Å². The molecule has 0 aromatic carbocycles. The maximum atomic E-state index is 11.2. The van der Waals surface area contributed by atoms with Crippen molar-refractivity contribution in [2.75, 3.05) is 0 Å². The number of rotatable bonds is 12. The fourth-order valence-corrected chi connectivity index (χ4v) is 2.65. The summed E-state index contributed by atoms with van der Waals surface area (Å²) in [5.41, 5.74) is 0. The predicted octanol–water partition coefficient (Wildman–Crippen LogP) is 4.94. The van der Waals surface area contributed by atoms with Gasteiger partial charge >= 0.3 is 11.9 Å². The molecule has 3 heteroatoms. The van der Waals surface area contributed by atoms with Gasteiger partial charge in [0.2, 0.25) is 0 Å². The third-order valence-corrected chi connectivity index (χ3v) is 4.02. The zero-order valence-corrected chi connectivity index (χ0v) is 13.4. The Morgan fingerprint density at radius 3 is 2.14 bits per heavy atom. The second kappa shape index (κ2) is 11.5. The van der Waals surface area contributed by atoms with Crippen molar-refractivity contribution in [2.45, 2.75) is 84.0 Å². The van der Waals surface area contributed by atoms with Gasteiger partial charge in [0.15, 0.2) is 0 Å². The molecule has 1 aliphatic heterocycles. The third-order valence-electron chi connectivity index (χ3n) is 4.02. The topological polar surface area (TPSA) is 43.4 Å². The molecule has 120 valence electrons. The van der Waals surface area contributed by atoms with Crippen molar-refractivity contribution in [3.63, 3.8) is 0 Å². The van der Waals surface area contributed by atoms with E-state index in [1.165, 1.54) is 57.8 Å². The van der Waals surface area contributed by atoms with Crippen LogP contribution in [0.2, 0.25) is 0 Å². The minimum atomic E-state index is -0.377. The van der Waals surface area contributed by atoms with Gasteiger partial charge in [-0.25, -0.2) is 0 Å². The Hall–Kier alpha value is -1.12. The smallest absolute Gasteiger partial charge is 0.317 e. The molecule has 0 N–H and O–H groups in total. The van der Waals surface area contributed by atoms with Crippen LogP contribution >= 0.6 is 0 Å². The summed E-state index contributed by atoms with van der Waals surface area (Å²) in [5, 5.41) is 0. The highest BCUT2D eigenvalue weighted by molar-refractivity contribution is 5.94. The van der Waals surface area contributed by atoms with E-state index >= 15 is 0 Å². The summed E-state index contributed by atoms with van der Waals surface area (Å²) in [7, 11) is 0. The molecule has 21 heavy (non-hydrogen) atoms. The van der Waals surface area contributed by atoms with Gasteiger partial charge in [0.05, 0.1) is 12.3 Å². The molecule has 0 radical (unpaired) electrons. The Bertz CT molecular complexity index is 333. The van der Waals surface area contributed by atoms with Gasteiger partial charge in [0.1, 0.15) is 0 Å². The molecule has 0 aromatic rings. The van der Waals surface area contributed by atoms with Gasteiger partial charge in [-0.3, -0.25) is 9.59 Å². The average molecular weight is 294 g/mol. The number of carbonyl (C=O) groups excluding carboxylic acids is 2. The van der Waals surface area contributed by atoms with E-state index < -0.39 is 0 Å². The van der Waals surface area contributed by atoms with E-state index in [2.05, 4.69) is 17.7 Å².